The lowest BCUT2D eigenvalue weighted by Gasteiger charge is -2.26. The third kappa shape index (κ3) is 12.6. The molecule has 6 aromatic carbocycles. The minimum Gasteiger partial charge on any atom is -0.374 e. The molecule has 9 aromatic rings. The highest BCUT2D eigenvalue weighted by molar-refractivity contribution is 5.95. The summed E-state index contributed by atoms with van der Waals surface area (Å²) in [5.74, 6) is 0.216. The van der Waals surface area contributed by atoms with Gasteiger partial charge in [-0.3, -0.25) is 19.6 Å². The lowest BCUT2D eigenvalue weighted by Crippen LogP contribution is -2.30. The Morgan fingerprint density at radius 1 is 0.469 bits per heavy atom. The van der Waals surface area contributed by atoms with Crippen LogP contribution in [0.25, 0.3) is 32.4 Å². The molecule has 324 valence electrons. The van der Waals surface area contributed by atoms with Gasteiger partial charge in [0.2, 0.25) is 5.91 Å². The molecule has 0 radical (unpaired) electrons. The van der Waals surface area contributed by atoms with Gasteiger partial charge in [-0.05, 0) is 121 Å². The van der Waals surface area contributed by atoms with Crippen molar-refractivity contribution in [1.82, 2.24) is 14.5 Å². The minimum absolute atomic E-state index is 0.0358. The molecular weight excluding hydrogens is 787 g/mol. The Morgan fingerprint density at radius 3 is 1.72 bits per heavy atom. The summed E-state index contributed by atoms with van der Waals surface area (Å²) in [4.78, 5) is 34.7. The zero-order chi connectivity index (χ0) is 45.3. The van der Waals surface area contributed by atoms with E-state index < -0.39 is 0 Å². The van der Waals surface area contributed by atoms with Crippen molar-refractivity contribution in [2.75, 3.05) is 30.4 Å². The highest BCUT2D eigenvalue weighted by atomic mass is 16.2. The van der Waals surface area contributed by atoms with Gasteiger partial charge in [0.1, 0.15) is 0 Å². The Morgan fingerprint density at radius 2 is 1.06 bits per heavy atom. The fourth-order valence-electron chi connectivity index (χ4n) is 7.75. The van der Waals surface area contributed by atoms with Crippen molar-refractivity contribution in [1.29, 1.82) is 0 Å². The number of anilines is 2. The molecule has 3 aromatic heterocycles. The van der Waals surface area contributed by atoms with Gasteiger partial charge in [0.25, 0.3) is 5.56 Å². The molecule has 0 N–H and O–H groups in total. The minimum atomic E-state index is 0.0358. The van der Waals surface area contributed by atoms with Crippen molar-refractivity contribution in [2.24, 2.45) is 7.05 Å². The number of nitrogens with zero attached hydrogens (tertiary/aromatic N) is 5. The SMILES string of the molecule is CN1C(=O)CCc2ccccc21.CN1CCCc2ccccc21.Cc1cccc2ccccc12.Cc1ccccn1.Cc1nccc2ccccc12.Cn1c(=O)ccc2ccccc21. The standard InChI is InChI=1S/C11H10.C10H11NO.C10H9NO.C10H13N.C10H9N.C6H7N/c1-9-5-4-7-10-6-2-3-8-11(9)10;2*1-11-9-5-3-2-4-8(9)6-7-10(11)12;1-11-8-4-6-9-5-2-3-7-10(9)11;1-8-10-5-3-2-4-9(10)6-7-11-8;1-6-4-2-3-5-7-6/h2-8H,1H3;2-5H,6-7H2,1H3;2-7H,1H3;2-3,5,7H,4,6,8H2,1H3;2-7H,1H3;2-5H,1H3. The fourth-order valence-corrected chi connectivity index (χ4v) is 7.75. The lowest BCUT2D eigenvalue weighted by molar-refractivity contribution is -0.118. The monoisotopic (exact) mass is 845 g/mol. The van der Waals surface area contributed by atoms with E-state index in [9.17, 15) is 9.59 Å². The average Bonchev–Trinajstić information content (AvgIpc) is 3.33. The van der Waals surface area contributed by atoms with Gasteiger partial charge in [-0.2, -0.15) is 0 Å². The number of hydrogen-bond donors (Lipinski definition) is 0. The first-order valence-corrected chi connectivity index (χ1v) is 21.9. The van der Waals surface area contributed by atoms with Crippen LogP contribution in [-0.4, -0.2) is 41.1 Å². The number of para-hydroxylation sites is 3. The van der Waals surface area contributed by atoms with Gasteiger partial charge in [-0.25, -0.2) is 0 Å². The van der Waals surface area contributed by atoms with Crippen LogP contribution < -0.4 is 15.4 Å². The number of fused-ring (bicyclic) bond motifs is 5. The lowest BCUT2D eigenvalue weighted by atomic mass is 10.0. The number of aryl methyl sites for hydroxylation is 6. The van der Waals surface area contributed by atoms with Crippen LogP contribution in [0.5, 0.6) is 0 Å². The topological polar surface area (TPSA) is 71.3 Å². The number of hydrogen-bond acceptors (Lipinski definition) is 5. The van der Waals surface area contributed by atoms with Crippen molar-refractivity contribution in [2.45, 2.75) is 46.5 Å². The summed E-state index contributed by atoms with van der Waals surface area (Å²) in [6, 6.07) is 59.0. The van der Waals surface area contributed by atoms with Crippen molar-refractivity contribution >= 4 is 49.7 Å². The van der Waals surface area contributed by atoms with E-state index in [4.69, 9.17) is 0 Å². The highest BCUT2D eigenvalue weighted by Gasteiger charge is 2.19. The first-order chi connectivity index (χ1) is 31.1. The van der Waals surface area contributed by atoms with Crippen LogP contribution >= 0.6 is 0 Å². The van der Waals surface area contributed by atoms with Gasteiger partial charge < -0.3 is 14.4 Å². The predicted molar refractivity (Wildman–Crippen MR) is 270 cm³/mol. The van der Waals surface area contributed by atoms with E-state index in [1.165, 1.54) is 63.3 Å². The van der Waals surface area contributed by atoms with Gasteiger partial charge in [0.05, 0.1) is 5.52 Å². The van der Waals surface area contributed by atoms with Gasteiger partial charge in [0.15, 0.2) is 0 Å². The molecule has 0 saturated carbocycles. The van der Waals surface area contributed by atoms with Crippen LogP contribution in [0, 0.1) is 20.8 Å². The predicted octanol–water partition coefficient (Wildman–Crippen LogP) is 12.3. The maximum absolute atomic E-state index is 11.3. The van der Waals surface area contributed by atoms with Crippen LogP contribution in [0.15, 0.2) is 193 Å². The second-order valence-corrected chi connectivity index (χ2v) is 15.9. The van der Waals surface area contributed by atoms with Crippen molar-refractivity contribution in [3.05, 3.63) is 227 Å². The first kappa shape index (κ1) is 46.1. The Hall–Kier alpha value is -7.38. The molecule has 0 spiro atoms. The summed E-state index contributed by atoms with van der Waals surface area (Å²) in [5.41, 5.74) is 9.79. The molecular formula is C57H59N5O2. The summed E-state index contributed by atoms with van der Waals surface area (Å²) in [5, 5.41) is 6.29. The summed E-state index contributed by atoms with van der Waals surface area (Å²) in [6.07, 6.45) is 7.72. The fraction of sp³-hybridized carbons (Fsp3) is 0.193. The molecule has 0 unspecified atom stereocenters. The second kappa shape index (κ2) is 23.2. The van der Waals surface area contributed by atoms with Crippen molar-refractivity contribution in [3.8, 4) is 0 Å². The van der Waals surface area contributed by atoms with Crippen LogP contribution in [0.3, 0.4) is 0 Å². The van der Waals surface area contributed by atoms with E-state index in [2.05, 4.69) is 114 Å². The molecule has 0 saturated heterocycles. The van der Waals surface area contributed by atoms with E-state index in [1.54, 1.807) is 28.8 Å². The summed E-state index contributed by atoms with van der Waals surface area (Å²) >= 11 is 0. The Balaban J connectivity index is 0.000000128. The maximum atomic E-state index is 11.3. The number of benzene rings is 6. The highest BCUT2D eigenvalue weighted by Crippen LogP contribution is 2.26. The molecule has 5 heterocycles. The zero-order valence-electron chi connectivity index (χ0n) is 38.0. The van der Waals surface area contributed by atoms with Gasteiger partial charge in [0, 0.05) is 80.7 Å². The normalized spacial score (nSPS) is 12.2. The van der Waals surface area contributed by atoms with Crippen molar-refractivity contribution < 1.29 is 4.79 Å². The third-order valence-corrected chi connectivity index (χ3v) is 11.4. The molecule has 0 bridgehead atoms. The number of carbonyl (C=O) groups excluding carboxylic acids is 1. The Kier molecular flexibility index (Phi) is 16.7. The third-order valence-electron chi connectivity index (χ3n) is 11.4. The quantitative estimate of drug-likeness (QED) is 0.152. The van der Waals surface area contributed by atoms with E-state index in [1.807, 2.05) is 112 Å². The average molecular weight is 846 g/mol. The number of carbonyl (C=O) groups is 1. The molecule has 2 aliphatic rings. The van der Waals surface area contributed by atoms with Crippen LogP contribution in [0.2, 0.25) is 0 Å². The summed E-state index contributed by atoms with van der Waals surface area (Å²) in [7, 11) is 5.78. The molecule has 0 aliphatic carbocycles. The molecule has 7 nitrogen and oxygen atoms in total. The zero-order valence-corrected chi connectivity index (χ0v) is 38.0. The molecule has 1 amide bonds. The molecule has 11 rings (SSSR count). The number of aromatic nitrogens is 3. The molecule has 2 aliphatic heterocycles. The van der Waals surface area contributed by atoms with E-state index in [0.717, 1.165) is 34.4 Å². The van der Waals surface area contributed by atoms with Gasteiger partial charge in [-0.15, -0.1) is 0 Å². The number of rotatable bonds is 0. The van der Waals surface area contributed by atoms with E-state index in [0.29, 0.717) is 6.42 Å². The van der Waals surface area contributed by atoms with Gasteiger partial charge >= 0.3 is 0 Å². The van der Waals surface area contributed by atoms with Crippen LogP contribution in [0.1, 0.15) is 40.9 Å². The maximum Gasteiger partial charge on any atom is 0.250 e. The molecule has 0 fully saturated rings. The summed E-state index contributed by atoms with van der Waals surface area (Å²) in [6.45, 7) is 7.35. The first-order valence-electron chi connectivity index (χ1n) is 21.9. The molecule has 64 heavy (non-hydrogen) atoms. The Labute approximate surface area is 378 Å². The van der Waals surface area contributed by atoms with E-state index >= 15 is 0 Å². The largest absolute Gasteiger partial charge is 0.374 e. The number of pyridine rings is 3. The number of amides is 1. The van der Waals surface area contributed by atoms with Crippen molar-refractivity contribution in [3.63, 3.8) is 0 Å². The smallest absolute Gasteiger partial charge is 0.250 e. The second-order valence-electron chi connectivity index (χ2n) is 15.9. The molecule has 7 heteroatoms. The van der Waals surface area contributed by atoms with Gasteiger partial charge in [-0.1, -0.05) is 127 Å². The Bertz CT molecular complexity index is 2870. The van der Waals surface area contributed by atoms with Crippen LogP contribution in [0.4, 0.5) is 11.4 Å². The van der Waals surface area contributed by atoms with E-state index in [-0.39, 0.29) is 11.5 Å². The van der Waals surface area contributed by atoms with Crippen LogP contribution in [-0.2, 0) is 24.7 Å². The summed E-state index contributed by atoms with van der Waals surface area (Å²) < 4.78 is 1.65. The molecule has 0 atom stereocenters.